The topological polar surface area (TPSA) is 140 Å². The summed E-state index contributed by atoms with van der Waals surface area (Å²) in [5.74, 6) is -1.28. The van der Waals surface area contributed by atoms with Gasteiger partial charge in [0.25, 0.3) is 11.8 Å². The first-order chi connectivity index (χ1) is 20.8. The third-order valence-corrected chi connectivity index (χ3v) is 7.97. The number of nitrogens with zero attached hydrogens (tertiary/aromatic N) is 1. The summed E-state index contributed by atoms with van der Waals surface area (Å²) in [5.41, 5.74) is 1.48. The van der Waals surface area contributed by atoms with Gasteiger partial charge in [-0.15, -0.1) is 0 Å². The van der Waals surface area contributed by atoms with Crippen molar-refractivity contribution in [3.63, 3.8) is 0 Å². The van der Waals surface area contributed by atoms with Crippen LogP contribution in [0.2, 0.25) is 0 Å². The summed E-state index contributed by atoms with van der Waals surface area (Å²) in [6, 6.07) is 13.5. The van der Waals surface area contributed by atoms with E-state index < -0.39 is 36.1 Å². The first kappa shape index (κ1) is 32.5. The highest BCUT2D eigenvalue weighted by Crippen LogP contribution is 2.45. The van der Waals surface area contributed by atoms with Gasteiger partial charge in [-0.3, -0.25) is 14.5 Å². The van der Waals surface area contributed by atoms with E-state index in [0.29, 0.717) is 29.7 Å². The van der Waals surface area contributed by atoms with E-state index in [1.54, 1.807) is 43.3 Å². The van der Waals surface area contributed by atoms with E-state index in [4.69, 9.17) is 14.2 Å². The lowest BCUT2D eigenvalue weighted by molar-refractivity contribution is 0.0180. The Bertz CT molecular complexity index is 1390. The summed E-state index contributed by atoms with van der Waals surface area (Å²) in [5, 5.41) is 5.75. The van der Waals surface area contributed by atoms with Crippen molar-refractivity contribution in [3.05, 3.63) is 70.8 Å². The summed E-state index contributed by atoms with van der Waals surface area (Å²) >= 11 is 0. The molecule has 11 heteroatoms. The van der Waals surface area contributed by atoms with Gasteiger partial charge in [0, 0.05) is 12.6 Å². The van der Waals surface area contributed by atoms with Crippen LogP contribution in [0, 0.1) is 17.8 Å². The minimum absolute atomic E-state index is 0.0400. The second kappa shape index (κ2) is 13.5. The standard InChI is InChI=1S/C33H41N3O8/c1-21-10-6-7-11-24(21)29(39)43-18-22(2)44-31(41)35-23-16-32(3,4)19-33(5,17-23)20-34-30(40)42-15-14-36-27(37)25-12-8-9-13-26(25)28(36)38/h6-13,22-23H,14-20H2,1-5H3,(H,34,40)(H,35,41). The van der Waals surface area contributed by atoms with Crippen LogP contribution in [0.15, 0.2) is 48.5 Å². The highest BCUT2D eigenvalue weighted by Gasteiger charge is 2.42. The number of ether oxygens (including phenoxy) is 3. The van der Waals surface area contributed by atoms with Crippen LogP contribution in [-0.4, -0.2) is 73.3 Å². The molecule has 1 aliphatic heterocycles. The normalized spacial score (nSPS) is 21.2. The maximum atomic E-state index is 12.7. The van der Waals surface area contributed by atoms with Crippen molar-refractivity contribution in [2.45, 2.75) is 66.0 Å². The summed E-state index contributed by atoms with van der Waals surface area (Å²) in [6.45, 7) is 9.80. The van der Waals surface area contributed by atoms with Crippen LogP contribution < -0.4 is 10.6 Å². The molecule has 0 spiro atoms. The number of aryl methyl sites for hydroxylation is 1. The number of amides is 4. The fourth-order valence-electron chi connectivity index (χ4n) is 6.37. The molecule has 0 bridgehead atoms. The van der Waals surface area contributed by atoms with Crippen LogP contribution in [0.1, 0.15) is 83.6 Å². The highest BCUT2D eigenvalue weighted by molar-refractivity contribution is 6.21. The minimum Gasteiger partial charge on any atom is -0.458 e. The molecule has 4 amide bonds. The molecule has 2 aliphatic rings. The molecule has 0 saturated heterocycles. The van der Waals surface area contributed by atoms with Gasteiger partial charge in [0.15, 0.2) is 0 Å². The first-order valence-corrected chi connectivity index (χ1v) is 14.8. The molecule has 3 atom stereocenters. The Labute approximate surface area is 257 Å². The van der Waals surface area contributed by atoms with E-state index in [9.17, 15) is 24.0 Å². The molecule has 44 heavy (non-hydrogen) atoms. The number of fused-ring (bicyclic) bond motifs is 1. The van der Waals surface area contributed by atoms with Gasteiger partial charge in [-0.25, -0.2) is 14.4 Å². The van der Waals surface area contributed by atoms with Crippen molar-refractivity contribution in [1.82, 2.24) is 15.5 Å². The van der Waals surface area contributed by atoms with E-state index in [1.165, 1.54) is 0 Å². The molecule has 1 fully saturated rings. The Kier molecular flexibility index (Phi) is 9.96. The van der Waals surface area contributed by atoms with Crippen LogP contribution in [0.5, 0.6) is 0 Å². The molecule has 0 aromatic heterocycles. The summed E-state index contributed by atoms with van der Waals surface area (Å²) < 4.78 is 16.1. The SMILES string of the molecule is Cc1ccccc1C(=O)OCC(C)OC(=O)NC1CC(C)(C)CC(C)(CNC(=O)OCCN2C(=O)c3ccccc3C2=O)C1. The summed E-state index contributed by atoms with van der Waals surface area (Å²) in [7, 11) is 0. The third kappa shape index (κ3) is 8.15. The molecule has 2 aromatic carbocycles. The van der Waals surface area contributed by atoms with E-state index in [0.717, 1.165) is 23.3 Å². The first-order valence-electron chi connectivity index (χ1n) is 14.8. The Morgan fingerprint density at radius 1 is 0.932 bits per heavy atom. The smallest absolute Gasteiger partial charge is 0.407 e. The van der Waals surface area contributed by atoms with Crippen molar-refractivity contribution < 1.29 is 38.2 Å². The van der Waals surface area contributed by atoms with Crippen molar-refractivity contribution in [1.29, 1.82) is 0 Å². The van der Waals surface area contributed by atoms with Gasteiger partial charge >= 0.3 is 18.2 Å². The van der Waals surface area contributed by atoms with Crippen LogP contribution in [0.3, 0.4) is 0 Å². The fraction of sp³-hybridized carbons (Fsp3) is 0.485. The number of hydrogen-bond acceptors (Lipinski definition) is 8. The largest absolute Gasteiger partial charge is 0.458 e. The van der Waals surface area contributed by atoms with Crippen molar-refractivity contribution in [3.8, 4) is 0 Å². The number of carbonyl (C=O) groups excluding carboxylic acids is 5. The number of imide groups is 1. The van der Waals surface area contributed by atoms with Gasteiger partial charge in [0.2, 0.25) is 0 Å². The van der Waals surface area contributed by atoms with Crippen LogP contribution in [0.4, 0.5) is 9.59 Å². The maximum absolute atomic E-state index is 12.7. The Morgan fingerprint density at radius 3 is 2.23 bits per heavy atom. The predicted octanol–water partition coefficient (Wildman–Crippen LogP) is 4.87. The molecule has 1 saturated carbocycles. The van der Waals surface area contributed by atoms with Gasteiger partial charge in [0.1, 0.15) is 19.3 Å². The molecular formula is C33H41N3O8. The lowest BCUT2D eigenvalue weighted by Gasteiger charge is -2.46. The average molecular weight is 608 g/mol. The number of hydrogen-bond donors (Lipinski definition) is 2. The molecular weight excluding hydrogens is 566 g/mol. The zero-order valence-electron chi connectivity index (χ0n) is 25.9. The third-order valence-electron chi connectivity index (χ3n) is 7.97. The fourth-order valence-corrected chi connectivity index (χ4v) is 6.37. The van der Waals surface area contributed by atoms with Crippen molar-refractivity contribution >= 4 is 30.0 Å². The van der Waals surface area contributed by atoms with Gasteiger partial charge < -0.3 is 24.8 Å². The highest BCUT2D eigenvalue weighted by atomic mass is 16.6. The molecule has 4 rings (SSSR count). The number of benzene rings is 2. The molecule has 1 aliphatic carbocycles. The van der Waals surface area contributed by atoms with Crippen molar-refractivity contribution in [2.24, 2.45) is 10.8 Å². The number of esters is 1. The zero-order valence-corrected chi connectivity index (χ0v) is 25.9. The molecule has 2 aromatic rings. The number of rotatable bonds is 10. The quantitative estimate of drug-likeness (QED) is 0.221. The Morgan fingerprint density at radius 2 is 1.57 bits per heavy atom. The zero-order chi connectivity index (χ0) is 32.1. The van der Waals surface area contributed by atoms with E-state index >= 15 is 0 Å². The maximum Gasteiger partial charge on any atom is 0.407 e. The monoisotopic (exact) mass is 607 g/mol. The van der Waals surface area contributed by atoms with E-state index in [1.807, 2.05) is 26.0 Å². The molecule has 0 radical (unpaired) electrons. The minimum atomic E-state index is -0.650. The molecule has 236 valence electrons. The van der Waals surface area contributed by atoms with E-state index in [2.05, 4.69) is 24.5 Å². The lowest BCUT2D eigenvalue weighted by Crippen LogP contribution is -2.51. The second-order valence-electron chi connectivity index (χ2n) is 12.8. The van der Waals surface area contributed by atoms with Crippen LogP contribution in [-0.2, 0) is 14.2 Å². The summed E-state index contributed by atoms with van der Waals surface area (Å²) in [4.78, 5) is 63.6. The van der Waals surface area contributed by atoms with Gasteiger partial charge in [-0.2, -0.15) is 0 Å². The molecule has 3 unspecified atom stereocenters. The Balaban J connectivity index is 1.20. The summed E-state index contributed by atoms with van der Waals surface area (Å²) in [6.07, 6.45) is 0.214. The number of alkyl carbamates (subject to hydrolysis) is 2. The van der Waals surface area contributed by atoms with Crippen molar-refractivity contribution in [2.75, 3.05) is 26.3 Å². The predicted molar refractivity (Wildman–Crippen MR) is 161 cm³/mol. The Hall–Kier alpha value is -4.41. The molecule has 2 N–H and O–H groups in total. The van der Waals surface area contributed by atoms with Crippen LogP contribution >= 0.6 is 0 Å². The van der Waals surface area contributed by atoms with Crippen LogP contribution in [0.25, 0.3) is 0 Å². The van der Waals surface area contributed by atoms with Gasteiger partial charge in [-0.1, -0.05) is 51.1 Å². The van der Waals surface area contributed by atoms with Gasteiger partial charge in [-0.05, 0) is 67.7 Å². The van der Waals surface area contributed by atoms with E-state index in [-0.39, 0.29) is 36.6 Å². The number of nitrogens with one attached hydrogen (secondary N) is 2. The van der Waals surface area contributed by atoms with Gasteiger partial charge in [0.05, 0.1) is 23.2 Å². The lowest BCUT2D eigenvalue weighted by atomic mass is 9.62. The molecule has 11 nitrogen and oxygen atoms in total. The average Bonchev–Trinajstić information content (AvgIpc) is 3.19. The molecule has 1 heterocycles. The number of carbonyl (C=O) groups is 5. The second-order valence-corrected chi connectivity index (χ2v) is 12.8.